The summed E-state index contributed by atoms with van der Waals surface area (Å²) in [5, 5.41) is 0.884. The Hall–Kier alpha value is -3.54. The van der Waals surface area contributed by atoms with E-state index in [1.165, 1.54) is 10.5 Å². The maximum absolute atomic E-state index is 12.6. The van der Waals surface area contributed by atoms with Gasteiger partial charge in [-0.25, -0.2) is 9.78 Å². The molecule has 1 aromatic carbocycles. The van der Waals surface area contributed by atoms with Crippen LogP contribution in [0.3, 0.4) is 0 Å². The third-order valence-corrected chi connectivity index (χ3v) is 4.59. The summed E-state index contributed by atoms with van der Waals surface area (Å²) in [7, 11) is 0. The fourth-order valence-electron chi connectivity index (χ4n) is 3.15. The van der Waals surface area contributed by atoms with Gasteiger partial charge in [0.2, 0.25) is 0 Å². The molecule has 0 aliphatic rings. The molecule has 0 N–H and O–H groups in total. The van der Waals surface area contributed by atoms with Crippen molar-refractivity contribution in [1.29, 1.82) is 0 Å². The van der Waals surface area contributed by atoms with Gasteiger partial charge in [-0.05, 0) is 50.6 Å². The van der Waals surface area contributed by atoms with Crippen LogP contribution in [-0.2, 0) is 11.3 Å². The molecule has 0 radical (unpaired) electrons. The largest absolute Gasteiger partial charge is 0.456 e. The Kier molecular flexibility index (Phi) is 4.39. The summed E-state index contributed by atoms with van der Waals surface area (Å²) in [6, 6.07) is 12.7. The summed E-state index contributed by atoms with van der Waals surface area (Å²) >= 11 is 0. The first kappa shape index (κ1) is 17.9. The number of ether oxygens (including phenoxy) is 1. The zero-order valence-corrected chi connectivity index (χ0v) is 15.9. The lowest BCUT2D eigenvalue weighted by Gasteiger charge is -2.09. The molecular weight excluding hydrogens is 354 g/mol. The van der Waals surface area contributed by atoms with E-state index in [4.69, 9.17) is 4.74 Å². The van der Waals surface area contributed by atoms with Crippen LogP contribution in [0.1, 0.15) is 32.9 Å². The zero-order valence-electron chi connectivity index (χ0n) is 15.9. The van der Waals surface area contributed by atoms with Gasteiger partial charge in [0, 0.05) is 17.6 Å². The minimum absolute atomic E-state index is 0.0796. The molecule has 3 heterocycles. The van der Waals surface area contributed by atoms with Gasteiger partial charge in [0.05, 0.1) is 22.5 Å². The highest BCUT2D eigenvalue weighted by atomic mass is 16.5. The summed E-state index contributed by atoms with van der Waals surface area (Å²) in [6.07, 6.45) is 1.73. The maximum Gasteiger partial charge on any atom is 0.340 e. The van der Waals surface area contributed by atoms with E-state index in [0.29, 0.717) is 22.6 Å². The van der Waals surface area contributed by atoms with E-state index >= 15 is 0 Å². The van der Waals surface area contributed by atoms with Crippen molar-refractivity contribution in [2.45, 2.75) is 27.4 Å². The number of hydrogen-bond acceptors (Lipinski definition) is 5. The Morgan fingerprint density at radius 3 is 2.61 bits per heavy atom. The van der Waals surface area contributed by atoms with Crippen LogP contribution in [0, 0.1) is 20.8 Å². The molecule has 28 heavy (non-hydrogen) atoms. The number of aryl methyl sites for hydroxylation is 3. The highest BCUT2D eigenvalue weighted by Gasteiger charge is 2.14. The minimum Gasteiger partial charge on any atom is -0.456 e. The van der Waals surface area contributed by atoms with Crippen molar-refractivity contribution >= 4 is 22.5 Å². The predicted molar refractivity (Wildman–Crippen MR) is 107 cm³/mol. The number of pyridine rings is 2. The number of aromatic nitrogens is 3. The van der Waals surface area contributed by atoms with Crippen LogP contribution in [0.5, 0.6) is 0 Å². The second-order valence-electron chi connectivity index (χ2n) is 6.91. The van der Waals surface area contributed by atoms with E-state index in [9.17, 15) is 9.59 Å². The molecule has 0 atom stereocenters. The lowest BCUT2D eigenvalue weighted by atomic mass is 10.1. The number of carbonyl (C=O) groups is 1. The van der Waals surface area contributed by atoms with Crippen molar-refractivity contribution in [3.05, 3.63) is 87.1 Å². The van der Waals surface area contributed by atoms with Gasteiger partial charge in [-0.1, -0.05) is 17.7 Å². The van der Waals surface area contributed by atoms with Crippen LogP contribution < -0.4 is 5.56 Å². The molecule has 0 unspecified atom stereocenters. The van der Waals surface area contributed by atoms with Crippen molar-refractivity contribution in [3.63, 3.8) is 0 Å². The van der Waals surface area contributed by atoms with Gasteiger partial charge in [-0.15, -0.1) is 0 Å². The predicted octanol–water partition coefficient (Wildman–Crippen LogP) is 3.52. The molecule has 0 fully saturated rings. The van der Waals surface area contributed by atoms with Crippen LogP contribution in [0.4, 0.5) is 0 Å². The maximum atomic E-state index is 12.6. The van der Waals surface area contributed by atoms with Crippen molar-refractivity contribution in [2.24, 2.45) is 0 Å². The van der Waals surface area contributed by atoms with Crippen LogP contribution in [0.2, 0.25) is 0 Å². The third-order valence-electron chi connectivity index (χ3n) is 4.59. The van der Waals surface area contributed by atoms with Gasteiger partial charge in [-0.3, -0.25) is 14.2 Å². The SMILES string of the molecule is Cc1ccc2nc(C)c(C(=O)OCc3cc(=O)n4cc(C)ccc4n3)cc2c1. The number of esters is 1. The van der Waals surface area contributed by atoms with E-state index in [-0.39, 0.29) is 12.2 Å². The molecule has 0 amide bonds. The molecule has 6 nitrogen and oxygen atoms in total. The number of hydrogen-bond donors (Lipinski definition) is 0. The van der Waals surface area contributed by atoms with Crippen molar-refractivity contribution in [1.82, 2.24) is 14.4 Å². The first-order valence-electron chi connectivity index (χ1n) is 8.95. The lowest BCUT2D eigenvalue weighted by Crippen LogP contribution is -2.17. The lowest BCUT2D eigenvalue weighted by molar-refractivity contribution is 0.0466. The van der Waals surface area contributed by atoms with Crippen molar-refractivity contribution < 1.29 is 9.53 Å². The normalized spacial score (nSPS) is 11.1. The van der Waals surface area contributed by atoms with E-state index in [1.54, 1.807) is 25.3 Å². The molecular formula is C22H19N3O3. The van der Waals surface area contributed by atoms with Gasteiger partial charge >= 0.3 is 5.97 Å². The average Bonchev–Trinajstić information content (AvgIpc) is 2.66. The highest BCUT2D eigenvalue weighted by molar-refractivity contribution is 5.95. The molecule has 3 aromatic heterocycles. The fraction of sp³-hybridized carbons (Fsp3) is 0.182. The Bertz CT molecular complexity index is 1290. The molecule has 0 aliphatic heterocycles. The Balaban J connectivity index is 1.60. The Labute approximate surface area is 161 Å². The van der Waals surface area contributed by atoms with E-state index in [1.807, 2.05) is 38.1 Å². The second kappa shape index (κ2) is 6.88. The third kappa shape index (κ3) is 3.36. The number of fused-ring (bicyclic) bond motifs is 2. The van der Waals surface area contributed by atoms with Crippen molar-refractivity contribution in [2.75, 3.05) is 0 Å². The standard InChI is InChI=1S/C22H19N3O3/c1-13-4-6-19-16(8-13)9-18(15(3)23-19)22(27)28-12-17-10-21(26)25-11-14(2)5-7-20(25)24-17/h4-11H,12H2,1-3H3. The molecule has 0 spiro atoms. The van der Waals surface area contributed by atoms with E-state index in [2.05, 4.69) is 9.97 Å². The molecule has 4 aromatic rings. The Morgan fingerprint density at radius 1 is 1.00 bits per heavy atom. The molecule has 0 bridgehead atoms. The fourth-order valence-corrected chi connectivity index (χ4v) is 3.15. The van der Waals surface area contributed by atoms with Crippen LogP contribution in [0.15, 0.2) is 53.5 Å². The highest BCUT2D eigenvalue weighted by Crippen LogP contribution is 2.19. The van der Waals surface area contributed by atoms with Gasteiger partial charge in [0.25, 0.3) is 5.56 Å². The molecule has 0 saturated heterocycles. The van der Waals surface area contributed by atoms with Crippen molar-refractivity contribution in [3.8, 4) is 0 Å². The Morgan fingerprint density at radius 2 is 1.79 bits per heavy atom. The number of rotatable bonds is 3. The second-order valence-corrected chi connectivity index (χ2v) is 6.91. The van der Waals surface area contributed by atoms with E-state index < -0.39 is 5.97 Å². The summed E-state index contributed by atoms with van der Waals surface area (Å²) in [4.78, 5) is 33.7. The molecule has 0 saturated carbocycles. The number of carbonyl (C=O) groups excluding carboxylic acids is 1. The van der Waals surface area contributed by atoms with Gasteiger partial charge in [0.1, 0.15) is 12.3 Å². The quantitative estimate of drug-likeness (QED) is 0.514. The van der Waals surface area contributed by atoms with Gasteiger partial charge in [0.15, 0.2) is 0 Å². The minimum atomic E-state index is -0.487. The molecule has 0 aliphatic carbocycles. The molecule has 140 valence electrons. The van der Waals surface area contributed by atoms with Crippen LogP contribution in [-0.4, -0.2) is 20.3 Å². The summed E-state index contributed by atoms with van der Waals surface area (Å²) in [6.45, 7) is 5.59. The number of nitrogens with zero attached hydrogens (tertiary/aromatic N) is 3. The van der Waals surface area contributed by atoms with E-state index in [0.717, 1.165) is 22.0 Å². The molecule has 6 heteroatoms. The molecule has 4 rings (SSSR count). The summed E-state index contributed by atoms with van der Waals surface area (Å²) in [5.41, 5.74) is 4.61. The first-order chi connectivity index (χ1) is 13.4. The summed E-state index contributed by atoms with van der Waals surface area (Å²) < 4.78 is 6.88. The topological polar surface area (TPSA) is 73.6 Å². The van der Waals surface area contributed by atoms with Gasteiger partial charge < -0.3 is 4.74 Å². The smallest absolute Gasteiger partial charge is 0.340 e. The zero-order chi connectivity index (χ0) is 19.8. The van der Waals surface area contributed by atoms with Gasteiger partial charge in [-0.2, -0.15) is 0 Å². The average molecular weight is 373 g/mol. The summed E-state index contributed by atoms with van der Waals surface area (Å²) in [5.74, 6) is -0.487. The van der Waals surface area contributed by atoms with Crippen LogP contribution in [0.25, 0.3) is 16.6 Å². The first-order valence-corrected chi connectivity index (χ1v) is 8.95. The monoisotopic (exact) mass is 373 g/mol. The number of benzene rings is 1. The van der Waals surface area contributed by atoms with Crippen LogP contribution >= 0.6 is 0 Å².